The molecule has 0 aliphatic carbocycles. The Bertz CT molecular complexity index is 334. The number of benzene rings is 1. The quantitative estimate of drug-likeness (QED) is 0.564. The van der Waals surface area contributed by atoms with Crippen molar-refractivity contribution < 1.29 is 13.5 Å². The third-order valence-electron chi connectivity index (χ3n) is 2.06. The summed E-state index contributed by atoms with van der Waals surface area (Å²) in [6.45, 7) is -2.78. The van der Waals surface area contributed by atoms with E-state index in [2.05, 4.69) is 4.74 Å². The van der Waals surface area contributed by atoms with Crippen LogP contribution < -0.4 is 4.74 Å². The van der Waals surface area contributed by atoms with Gasteiger partial charge in [0.05, 0.1) is 0 Å². The molecule has 1 rings (SSSR count). The number of hydrogen-bond acceptors (Lipinski definition) is 2. The Labute approximate surface area is 103 Å². The van der Waals surface area contributed by atoms with Crippen molar-refractivity contribution in [3.63, 3.8) is 0 Å². The minimum absolute atomic E-state index is 0.206. The maximum absolute atomic E-state index is 12.0. The molecule has 0 saturated heterocycles. The van der Waals surface area contributed by atoms with Crippen LogP contribution in [-0.2, 0) is 6.42 Å². The van der Waals surface area contributed by atoms with E-state index in [-0.39, 0.29) is 5.75 Å². The van der Waals surface area contributed by atoms with Gasteiger partial charge in [0.1, 0.15) is 5.75 Å². The molecule has 0 fully saturated rings. The first-order valence-electron chi connectivity index (χ1n) is 4.85. The maximum Gasteiger partial charge on any atom is 0.387 e. The Morgan fingerprint density at radius 1 is 1.44 bits per heavy atom. The molecule has 1 aromatic rings. The van der Waals surface area contributed by atoms with E-state index in [1.165, 1.54) is 0 Å². The van der Waals surface area contributed by atoms with E-state index in [4.69, 9.17) is 11.6 Å². The van der Waals surface area contributed by atoms with Crippen molar-refractivity contribution in [3.8, 4) is 5.75 Å². The van der Waals surface area contributed by atoms with Crippen molar-refractivity contribution in [1.82, 2.24) is 0 Å². The summed E-state index contributed by atoms with van der Waals surface area (Å²) >= 11 is 7.20. The third-order valence-corrected chi connectivity index (χ3v) is 3.16. The van der Waals surface area contributed by atoms with Crippen LogP contribution in [0, 0.1) is 0 Å². The average molecular weight is 267 g/mol. The molecule has 0 saturated carbocycles. The molecule has 16 heavy (non-hydrogen) atoms. The Morgan fingerprint density at radius 2 is 2.19 bits per heavy atom. The van der Waals surface area contributed by atoms with Crippen molar-refractivity contribution in [2.45, 2.75) is 24.3 Å². The van der Waals surface area contributed by atoms with Crippen LogP contribution in [-0.4, -0.2) is 18.7 Å². The summed E-state index contributed by atoms with van der Waals surface area (Å²) in [5, 5.41) is 0. The molecule has 0 bridgehead atoms. The summed E-state index contributed by atoms with van der Waals surface area (Å²) in [5.74, 6) is 0.769. The number of aryl methyl sites for hydroxylation is 1. The zero-order chi connectivity index (χ0) is 12.0. The molecule has 0 amide bonds. The van der Waals surface area contributed by atoms with E-state index in [0.717, 1.165) is 23.3 Å². The molecule has 0 unspecified atom stereocenters. The molecule has 0 heterocycles. The summed E-state index contributed by atoms with van der Waals surface area (Å²) in [6.07, 6.45) is 3.56. The standard InChI is InChI=1S/C11H13ClF2OS/c1-16-10-5-4-9(15-11(13)14)7-8(10)3-2-6-12/h4-5,7,11H,2-3,6H2,1H3. The molecule has 0 radical (unpaired) electrons. The van der Waals surface area contributed by atoms with Gasteiger partial charge in [0.2, 0.25) is 0 Å². The van der Waals surface area contributed by atoms with Gasteiger partial charge in [0, 0.05) is 10.8 Å². The minimum Gasteiger partial charge on any atom is -0.435 e. The van der Waals surface area contributed by atoms with Crippen molar-refractivity contribution in [2.75, 3.05) is 12.1 Å². The van der Waals surface area contributed by atoms with E-state index in [1.807, 2.05) is 6.26 Å². The normalized spacial score (nSPS) is 10.8. The van der Waals surface area contributed by atoms with Gasteiger partial charge in [-0.05, 0) is 42.9 Å². The van der Waals surface area contributed by atoms with Gasteiger partial charge >= 0.3 is 6.61 Å². The fourth-order valence-corrected chi connectivity index (χ4v) is 2.14. The molecule has 1 aromatic carbocycles. The zero-order valence-electron chi connectivity index (χ0n) is 8.88. The maximum atomic E-state index is 12.0. The molecule has 5 heteroatoms. The summed E-state index contributed by atoms with van der Waals surface area (Å²) in [7, 11) is 0. The van der Waals surface area contributed by atoms with Gasteiger partial charge in [0.15, 0.2) is 0 Å². The Hall–Kier alpha value is -0.480. The lowest BCUT2D eigenvalue weighted by molar-refractivity contribution is -0.0499. The molecule has 0 aliphatic rings. The van der Waals surface area contributed by atoms with Crippen LogP contribution in [0.5, 0.6) is 5.75 Å². The number of ether oxygens (including phenoxy) is 1. The molecule has 0 aromatic heterocycles. The number of hydrogen-bond donors (Lipinski definition) is 0. The lowest BCUT2D eigenvalue weighted by Gasteiger charge is -2.10. The molecular weight excluding hydrogens is 254 g/mol. The first kappa shape index (κ1) is 13.6. The number of halogens is 3. The van der Waals surface area contributed by atoms with Crippen LogP contribution in [0.3, 0.4) is 0 Å². The number of rotatable bonds is 6. The molecular formula is C11H13ClF2OS. The Balaban J connectivity index is 2.83. The Morgan fingerprint density at radius 3 is 2.75 bits per heavy atom. The lowest BCUT2D eigenvalue weighted by atomic mass is 10.1. The minimum atomic E-state index is -2.78. The predicted molar refractivity (Wildman–Crippen MR) is 63.9 cm³/mol. The Kier molecular flexibility index (Phi) is 5.91. The van der Waals surface area contributed by atoms with E-state index < -0.39 is 6.61 Å². The highest BCUT2D eigenvalue weighted by molar-refractivity contribution is 7.98. The van der Waals surface area contributed by atoms with E-state index in [1.54, 1.807) is 30.0 Å². The topological polar surface area (TPSA) is 9.23 Å². The zero-order valence-corrected chi connectivity index (χ0v) is 10.5. The average Bonchev–Trinajstić information content (AvgIpc) is 2.25. The monoisotopic (exact) mass is 266 g/mol. The van der Waals surface area contributed by atoms with Gasteiger partial charge in [0.25, 0.3) is 0 Å². The van der Waals surface area contributed by atoms with Gasteiger partial charge in [-0.2, -0.15) is 8.78 Å². The lowest BCUT2D eigenvalue weighted by Crippen LogP contribution is -2.02. The second-order valence-electron chi connectivity index (χ2n) is 3.14. The van der Waals surface area contributed by atoms with Crippen LogP contribution in [0.15, 0.2) is 23.1 Å². The molecule has 0 aliphatic heterocycles. The van der Waals surface area contributed by atoms with Gasteiger partial charge in [-0.25, -0.2) is 0 Å². The number of alkyl halides is 3. The van der Waals surface area contributed by atoms with E-state index in [9.17, 15) is 8.78 Å². The molecule has 90 valence electrons. The van der Waals surface area contributed by atoms with Gasteiger partial charge < -0.3 is 4.74 Å². The van der Waals surface area contributed by atoms with Gasteiger partial charge in [-0.15, -0.1) is 23.4 Å². The van der Waals surface area contributed by atoms with E-state index in [0.29, 0.717) is 5.88 Å². The summed E-state index contributed by atoms with van der Waals surface area (Å²) in [6, 6.07) is 5.01. The van der Waals surface area contributed by atoms with Crippen molar-refractivity contribution in [2.24, 2.45) is 0 Å². The summed E-state index contributed by atoms with van der Waals surface area (Å²) < 4.78 is 28.4. The third kappa shape index (κ3) is 4.18. The van der Waals surface area contributed by atoms with Crippen LogP contribution in [0.4, 0.5) is 8.78 Å². The first-order valence-corrected chi connectivity index (χ1v) is 6.61. The highest BCUT2D eigenvalue weighted by atomic mass is 35.5. The molecule has 0 spiro atoms. The fraction of sp³-hybridized carbons (Fsp3) is 0.455. The largest absolute Gasteiger partial charge is 0.435 e. The van der Waals surface area contributed by atoms with Gasteiger partial charge in [-0.1, -0.05) is 0 Å². The fourth-order valence-electron chi connectivity index (χ4n) is 1.38. The molecule has 0 atom stereocenters. The van der Waals surface area contributed by atoms with Crippen molar-refractivity contribution in [3.05, 3.63) is 23.8 Å². The van der Waals surface area contributed by atoms with Crippen molar-refractivity contribution >= 4 is 23.4 Å². The van der Waals surface area contributed by atoms with Gasteiger partial charge in [-0.3, -0.25) is 0 Å². The smallest absolute Gasteiger partial charge is 0.387 e. The molecule has 0 N–H and O–H groups in total. The predicted octanol–water partition coefficient (Wildman–Crippen LogP) is 4.18. The van der Waals surface area contributed by atoms with Crippen LogP contribution in [0.1, 0.15) is 12.0 Å². The van der Waals surface area contributed by atoms with Crippen LogP contribution in [0.2, 0.25) is 0 Å². The summed E-state index contributed by atoms with van der Waals surface area (Å²) in [4.78, 5) is 1.08. The first-order chi connectivity index (χ1) is 7.67. The van der Waals surface area contributed by atoms with Crippen LogP contribution in [0.25, 0.3) is 0 Å². The van der Waals surface area contributed by atoms with E-state index >= 15 is 0 Å². The highest BCUT2D eigenvalue weighted by Gasteiger charge is 2.07. The summed E-state index contributed by atoms with van der Waals surface area (Å²) in [5.41, 5.74) is 1.01. The SMILES string of the molecule is CSc1ccc(OC(F)F)cc1CCCCl. The van der Waals surface area contributed by atoms with Crippen molar-refractivity contribution in [1.29, 1.82) is 0 Å². The highest BCUT2D eigenvalue weighted by Crippen LogP contribution is 2.27. The van der Waals surface area contributed by atoms with Crippen LogP contribution >= 0.6 is 23.4 Å². The second kappa shape index (κ2) is 6.97. The molecule has 1 nitrogen and oxygen atoms in total. The second-order valence-corrected chi connectivity index (χ2v) is 4.37. The number of thioether (sulfide) groups is 1.